The molecule has 0 radical (unpaired) electrons. The second kappa shape index (κ2) is 5.50. The van der Waals surface area contributed by atoms with E-state index in [2.05, 4.69) is 19.8 Å². The van der Waals surface area contributed by atoms with Crippen LogP contribution in [0.15, 0.2) is 41.0 Å². The first-order chi connectivity index (χ1) is 10.4. The van der Waals surface area contributed by atoms with Gasteiger partial charge in [-0.1, -0.05) is 0 Å². The highest BCUT2D eigenvalue weighted by atomic mass is 32.2. The number of nitrogens with one attached hydrogen (secondary N) is 1. The molecule has 7 nitrogen and oxygen atoms in total. The summed E-state index contributed by atoms with van der Waals surface area (Å²) in [5.74, 6) is 0.0346. The van der Waals surface area contributed by atoms with E-state index in [0.29, 0.717) is 5.69 Å². The largest absolute Gasteiger partial charge is 0.275 e. The van der Waals surface area contributed by atoms with Gasteiger partial charge >= 0.3 is 0 Å². The molecule has 0 amide bonds. The van der Waals surface area contributed by atoms with Crippen LogP contribution in [0.25, 0.3) is 11.3 Å². The van der Waals surface area contributed by atoms with Crippen LogP contribution in [0.3, 0.4) is 0 Å². The first kappa shape index (κ1) is 14.7. The van der Waals surface area contributed by atoms with Crippen molar-refractivity contribution in [2.24, 2.45) is 7.05 Å². The van der Waals surface area contributed by atoms with Gasteiger partial charge in [0.2, 0.25) is 5.95 Å². The summed E-state index contributed by atoms with van der Waals surface area (Å²) in [6, 6.07) is 5.02. The first-order valence-electron chi connectivity index (χ1n) is 6.35. The smallest absolute Gasteiger partial charge is 0.273 e. The molecular weight excluding hydrogens is 322 g/mol. The Morgan fingerprint density at radius 2 is 2.09 bits per heavy atom. The molecule has 0 aliphatic heterocycles. The van der Waals surface area contributed by atoms with Gasteiger partial charge in [0.15, 0.2) is 0 Å². The maximum atomic E-state index is 12.3. The Labute approximate surface area is 131 Å². The molecule has 0 bridgehead atoms. The van der Waals surface area contributed by atoms with E-state index in [4.69, 9.17) is 0 Å². The van der Waals surface area contributed by atoms with Crippen LogP contribution >= 0.6 is 11.3 Å². The van der Waals surface area contributed by atoms with Crippen molar-refractivity contribution in [1.29, 1.82) is 0 Å². The van der Waals surface area contributed by atoms with Gasteiger partial charge < -0.3 is 0 Å². The van der Waals surface area contributed by atoms with Gasteiger partial charge in [-0.25, -0.2) is 23.1 Å². The van der Waals surface area contributed by atoms with Crippen molar-refractivity contribution in [2.75, 3.05) is 4.72 Å². The Morgan fingerprint density at radius 1 is 1.27 bits per heavy atom. The second-order valence-corrected chi connectivity index (χ2v) is 7.84. The predicted octanol–water partition coefficient (Wildman–Crippen LogP) is 2.05. The molecule has 22 heavy (non-hydrogen) atoms. The van der Waals surface area contributed by atoms with Crippen molar-refractivity contribution in [2.45, 2.75) is 11.1 Å². The maximum Gasteiger partial charge on any atom is 0.273 e. The van der Waals surface area contributed by atoms with Gasteiger partial charge in [-0.3, -0.25) is 4.68 Å². The molecule has 3 rings (SSSR count). The third-order valence-corrected chi connectivity index (χ3v) is 5.68. The lowest BCUT2D eigenvalue weighted by molar-refractivity contribution is 0.602. The van der Waals surface area contributed by atoms with Gasteiger partial charge in [-0.05, 0) is 25.1 Å². The summed E-state index contributed by atoms with van der Waals surface area (Å²) in [6.45, 7) is 1.85. The Morgan fingerprint density at radius 3 is 2.73 bits per heavy atom. The van der Waals surface area contributed by atoms with E-state index in [1.807, 2.05) is 6.92 Å². The number of anilines is 1. The summed E-state index contributed by atoms with van der Waals surface area (Å²) in [6.07, 6.45) is 4.96. The highest BCUT2D eigenvalue weighted by molar-refractivity contribution is 7.94. The number of aromatic nitrogens is 4. The number of nitrogens with zero attached hydrogens (tertiary/aromatic N) is 4. The minimum atomic E-state index is -3.66. The normalized spacial score (nSPS) is 11.5. The standard InChI is InChI=1S/C13H13N5O2S2/c1-9-3-4-12(21-9)22(19,20)17-13-14-6-5-11(16-13)10-7-15-18(2)8-10/h3-8H,1-2H3,(H,14,16,17). The quantitative estimate of drug-likeness (QED) is 0.788. The molecule has 114 valence electrons. The summed E-state index contributed by atoms with van der Waals surface area (Å²) in [7, 11) is -1.86. The number of thiophene rings is 1. The van der Waals surface area contributed by atoms with Gasteiger partial charge in [0.1, 0.15) is 4.21 Å². The van der Waals surface area contributed by atoms with Crippen LogP contribution in [0.4, 0.5) is 5.95 Å². The van der Waals surface area contributed by atoms with Crippen molar-refractivity contribution in [1.82, 2.24) is 19.7 Å². The van der Waals surface area contributed by atoms with Crippen molar-refractivity contribution >= 4 is 27.3 Å². The highest BCUT2D eigenvalue weighted by Crippen LogP contribution is 2.23. The lowest BCUT2D eigenvalue weighted by atomic mass is 10.2. The summed E-state index contributed by atoms with van der Waals surface area (Å²) < 4.78 is 28.8. The topological polar surface area (TPSA) is 89.8 Å². The Kier molecular flexibility index (Phi) is 3.67. The van der Waals surface area contributed by atoms with E-state index in [1.54, 1.807) is 42.3 Å². The van der Waals surface area contributed by atoms with Crippen LogP contribution in [0.5, 0.6) is 0 Å². The van der Waals surface area contributed by atoms with Crippen LogP contribution in [-0.2, 0) is 17.1 Å². The fraction of sp³-hybridized carbons (Fsp3) is 0.154. The summed E-state index contributed by atoms with van der Waals surface area (Å²) >= 11 is 1.20. The fourth-order valence-electron chi connectivity index (χ4n) is 1.85. The van der Waals surface area contributed by atoms with Crippen LogP contribution in [0, 0.1) is 6.92 Å². The SMILES string of the molecule is Cc1ccc(S(=O)(=O)Nc2nccc(-c3cnn(C)c3)n2)s1. The van der Waals surface area contributed by atoms with E-state index in [1.165, 1.54) is 17.5 Å². The van der Waals surface area contributed by atoms with Crippen molar-refractivity contribution in [3.05, 3.63) is 41.7 Å². The number of rotatable bonds is 4. The van der Waals surface area contributed by atoms with Crippen LogP contribution in [-0.4, -0.2) is 28.2 Å². The Balaban J connectivity index is 1.90. The zero-order valence-electron chi connectivity index (χ0n) is 11.9. The average Bonchev–Trinajstić information content (AvgIpc) is 3.08. The zero-order chi connectivity index (χ0) is 15.7. The second-order valence-electron chi connectivity index (χ2n) is 4.64. The fourth-order valence-corrected chi connectivity index (χ4v) is 4.08. The molecule has 0 fully saturated rings. The van der Waals surface area contributed by atoms with Gasteiger partial charge in [-0.2, -0.15) is 5.10 Å². The third-order valence-electron chi connectivity index (χ3n) is 2.86. The van der Waals surface area contributed by atoms with Crippen molar-refractivity contribution in [3.63, 3.8) is 0 Å². The van der Waals surface area contributed by atoms with Gasteiger partial charge in [0, 0.05) is 29.9 Å². The minimum Gasteiger partial charge on any atom is -0.275 e. The summed E-state index contributed by atoms with van der Waals surface area (Å²) in [5, 5.41) is 4.07. The number of hydrogen-bond acceptors (Lipinski definition) is 6. The minimum absolute atomic E-state index is 0.0346. The lowest BCUT2D eigenvalue weighted by Gasteiger charge is -2.05. The Hall–Kier alpha value is -2.26. The van der Waals surface area contributed by atoms with E-state index in [9.17, 15) is 8.42 Å². The molecule has 0 aliphatic rings. The molecule has 3 aromatic heterocycles. The molecule has 0 aliphatic carbocycles. The van der Waals surface area contributed by atoms with E-state index < -0.39 is 10.0 Å². The van der Waals surface area contributed by atoms with Crippen molar-refractivity contribution in [3.8, 4) is 11.3 Å². The summed E-state index contributed by atoms with van der Waals surface area (Å²) in [4.78, 5) is 9.11. The molecule has 3 aromatic rings. The molecule has 0 aromatic carbocycles. The van der Waals surface area contributed by atoms with E-state index >= 15 is 0 Å². The molecule has 9 heteroatoms. The molecule has 0 saturated carbocycles. The zero-order valence-corrected chi connectivity index (χ0v) is 13.5. The van der Waals surface area contributed by atoms with Crippen molar-refractivity contribution < 1.29 is 8.42 Å². The molecule has 0 spiro atoms. The first-order valence-corrected chi connectivity index (χ1v) is 8.65. The average molecular weight is 335 g/mol. The summed E-state index contributed by atoms with van der Waals surface area (Å²) in [5.41, 5.74) is 1.39. The lowest BCUT2D eigenvalue weighted by Crippen LogP contribution is -2.13. The third kappa shape index (κ3) is 3.00. The molecular formula is C13H13N5O2S2. The number of sulfonamides is 1. The van der Waals surface area contributed by atoms with Crippen LogP contribution < -0.4 is 4.72 Å². The molecule has 0 unspecified atom stereocenters. The number of hydrogen-bond donors (Lipinski definition) is 1. The monoisotopic (exact) mass is 335 g/mol. The van der Waals surface area contributed by atoms with Crippen LogP contribution in [0.2, 0.25) is 0 Å². The Bertz CT molecular complexity index is 914. The molecule has 3 heterocycles. The number of aryl methyl sites for hydroxylation is 2. The van der Waals surface area contributed by atoms with Gasteiger partial charge in [-0.15, -0.1) is 11.3 Å². The van der Waals surface area contributed by atoms with E-state index in [0.717, 1.165) is 10.4 Å². The highest BCUT2D eigenvalue weighted by Gasteiger charge is 2.18. The predicted molar refractivity (Wildman–Crippen MR) is 84.1 cm³/mol. The maximum absolute atomic E-state index is 12.3. The van der Waals surface area contributed by atoms with E-state index in [-0.39, 0.29) is 10.2 Å². The molecule has 1 N–H and O–H groups in total. The van der Waals surface area contributed by atoms with Gasteiger partial charge in [0.25, 0.3) is 10.0 Å². The van der Waals surface area contributed by atoms with Crippen LogP contribution in [0.1, 0.15) is 4.88 Å². The molecule has 0 atom stereocenters. The molecule has 0 saturated heterocycles. The van der Waals surface area contributed by atoms with Gasteiger partial charge in [0.05, 0.1) is 11.9 Å².